The number of hydrogen-bond acceptors (Lipinski definition) is 6. The van der Waals surface area contributed by atoms with E-state index in [0.717, 1.165) is 19.3 Å². The summed E-state index contributed by atoms with van der Waals surface area (Å²) < 4.78 is 33.0. The number of rotatable bonds is 12. The minimum Gasteiger partial charge on any atom is -0.493 e. The zero-order valence-corrected chi connectivity index (χ0v) is 16.4. The van der Waals surface area contributed by atoms with Crippen LogP contribution in [0, 0.1) is 0 Å². The molecule has 0 bridgehead atoms. The Bertz CT molecular complexity index is 597. The second kappa shape index (κ2) is 11.1. The minimum atomic E-state index is 0.578. The summed E-state index contributed by atoms with van der Waals surface area (Å²) in [7, 11) is 6.46. The Balaban J connectivity index is 1.75. The van der Waals surface area contributed by atoms with Crippen LogP contribution in [-0.4, -0.2) is 41.7 Å². The molecule has 27 heavy (non-hydrogen) atoms. The predicted octanol–water partition coefficient (Wildman–Crippen LogP) is 4.35. The summed E-state index contributed by atoms with van der Waals surface area (Å²) in [5, 5.41) is 0. The largest absolute Gasteiger partial charge is 0.493 e. The molecule has 0 unspecified atom stereocenters. The number of unbranched alkanes of at least 4 members (excludes halogenated alkanes) is 2. The van der Waals surface area contributed by atoms with Gasteiger partial charge in [0.1, 0.15) is 0 Å². The summed E-state index contributed by atoms with van der Waals surface area (Å²) >= 11 is 0. The number of hydrogen-bond donors (Lipinski definition) is 0. The molecule has 0 fully saturated rings. The van der Waals surface area contributed by atoms with Crippen molar-refractivity contribution in [2.24, 2.45) is 0 Å². The lowest BCUT2D eigenvalue weighted by atomic mass is 10.2. The molecule has 2 aromatic rings. The Hall–Kier alpha value is -2.76. The highest BCUT2D eigenvalue weighted by Crippen LogP contribution is 2.37. The fraction of sp³-hybridized carbons (Fsp3) is 0.429. The summed E-state index contributed by atoms with van der Waals surface area (Å²) in [4.78, 5) is 0. The Kier molecular flexibility index (Phi) is 8.42. The van der Waals surface area contributed by atoms with Crippen molar-refractivity contribution < 1.29 is 28.4 Å². The second-order valence-corrected chi connectivity index (χ2v) is 5.74. The molecule has 0 atom stereocenters. The number of ether oxygens (including phenoxy) is 6. The molecular weight excluding hydrogens is 348 g/mol. The molecule has 0 radical (unpaired) electrons. The van der Waals surface area contributed by atoms with Crippen LogP contribution >= 0.6 is 0 Å². The van der Waals surface area contributed by atoms with Gasteiger partial charge in [-0.1, -0.05) is 12.1 Å². The summed E-state index contributed by atoms with van der Waals surface area (Å²) in [6.45, 7) is 1.16. The van der Waals surface area contributed by atoms with Crippen molar-refractivity contribution in [1.29, 1.82) is 0 Å². The standard InChI is InChI=1S/C21H28O6/c1-22-16-10-8-11-17(23-2)20(16)26-14-6-5-7-15-27-21-18(24-3)12-9-13-19(21)25-4/h8-13H,5-7,14-15H2,1-4H3. The van der Waals surface area contributed by atoms with Gasteiger partial charge in [0, 0.05) is 0 Å². The lowest BCUT2D eigenvalue weighted by molar-refractivity contribution is 0.249. The van der Waals surface area contributed by atoms with E-state index in [4.69, 9.17) is 28.4 Å². The van der Waals surface area contributed by atoms with E-state index in [2.05, 4.69) is 0 Å². The molecule has 0 aliphatic rings. The zero-order valence-electron chi connectivity index (χ0n) is 16.4. The molecule has 148 valence electrons. The van der Waals surface area contributed by atoms with E-state index in [1.807, 2.05) is 36.4 Å². The molecule has 0 aliphatic heterocycles. The molecule has 6 nitrogen and oxygen atoms in total. The SMILES string of the molecule is COc1cccc(OC)c1OCCCCCOc1c(OC)cccc1OC. The highest BCUT2D eigenvalue weighted by molar-refractivity contribution is 5.51. The molecule has 2 rings (SSSR count). The molecule has 0 saturated carbocycles. The van der Waals surface area contributed by atoms with Gasteiger partial charge in [0.15, 0.2) is 23.0 Å². The first kappa shape index (κ1) is 20.6. The predicted molar refractivity (Wildman–Crippen MR) is 104 cm³/mol. The summed E-state index contributed by atoms with van der Waals surface area (Å²) in [6.07, 6.45) is 2.76. The molecule has 2 aromatic carbocycles. The number of benzene rings is 2. The van der Waals surface area contributed by atoms with Gasteiger partial charge < -0.3 is 28.4 Å². The third kappa shape index (κ3) is 5.61. The third-order valence-corrected chi connectivity index (χ3v) is 4.05. The third-order valence-electron chi connectivity index (χ3n) is 4.05. The van der Waals surface area contributed by atoms with E-state index < -0.39 is 0 Å². The zero-order chi connectivity index (χ0) is 19.5. The van der Waals surface area contributed by atoms with Crippen molar-refractivity contribution in [1.82, 2.24) is 0 Å². The Morgan fingerprint density at radius 3 is 1.15 bits per heavy atom. The maximum Gasteiger partial charge on any atom is 0.203 e. The van der Waals surface area contributed by atoms with Crippen molar-refractivity contribution >= 4 is 0 Å². The van der Waals surface area contributed by atoms with Gasteiger partial charge in [-0.25, -0.2) is 0 Å². The first-order valence-corrected chi connectivity index (χ1v) is 8.92. The fourth-order valence-electron chi connectivity index (χ4n) is 2.65. The second-order valence-electron chi connectivity index (χ2n) is 5.74. The lowest BCUT2D eigenvalue weighted by Crippen LogP contribution is -2.04. The van der Waals surface area contributed by atoms with Crippen LogP contribution in [0.5, 0.6) is 34.5 Å². The van der Waals surface area contributed by atoms with Crippen molar-refractivity contribution in [2.75, 3.05) is 41.7 Å². The Labute approximate surface area is 160 Å². The topological polar surface area (TPSA) is 55.4 Å². The van der Waals surface area contributed by atoms with E-state index in [1.54, 1.807) is 28.4 Å². The Morgan fingerprint density at radius 1 is 0.519 bits per heavy atom. The molecule has 0 heterocycles. The van der Waals surface area contributed by atoms with Gasteiger partial charge >= 0.3 is 0 Å². The first-order chi connectivity index (χ1) is 13.2. The van der Waals surface area contributed by atoms with Gasteiger partial charge in [0.05, 0.1) is 41.7 Å². The maximum atomic E-state index is 5.86. The molecule has 6 heteroatoms. The van der Waals surface area contributed by atoms with E-state index >= 15 is 0 Å². The van der Waals surface area contributed by atoms with Crippen molar-refractivity contribution in [3.63, 3.8) is 0 Å². The fourth-order valence-corrected chi connectivity index (χ4v) is 2.65. The normalized spacial score (nSPS) is 10.2. The molecule has 0 N–H and O–H groups in total. The number of para-hydroxylation sites is 2. The van der Waals surface area contributed by atoms with Crippen LogP contribution < -0.4 is 28.4 Å². The highest BCUT2D eigenvalue weighted by atomic mass is 16.5. The summed E-state index contributed by atoms with van der Waals surface area (Å²) in [5.41, 5.74) is 0. The van der Waals surface area contributed by atoms with Crippen molar-refractivity contribution in [2.45, 2.75) is 19.3 Å². The average molecular weight is 376 g/mol. The van der Waals surface area contributed by atoms with Crippen molar-refractivity contribution in [3.8, 4) is 34.5 Å². The van der Waals surface area contributed by atoms with Crippen LogP contribution in [0.3, 0.4) is 0 Å². The Morgan fingerprint density at radius 2 is 0.852 bits per heavy atom. The lowest BCUT2D eigenvalue weighted by Gasteiger charge is -2.15. The first-order valence-electron chi connectivity index (χ1n) is 8.92. The van der Waals surface area contributed by atoms with E-state index in [9.17, 15) is 0 Å². The molecular formula is C21H28O6. The van der Waals surface area contributed by atoms with Gasteiger partial charge in [0.25, 0.3) is 0 Å². The van der Waals surface area contributed by atoms with Crippen LogP contribution in [-0.2, 0) is 0 Å². The van der Waals surface area contributed by atoms with Crippen LogP contribution in [0.15, 0.2) is 36.4 Å². The monoisotopic (exact) mass is 376 g/mol. The van der Waals surface area contributed by atoms with E-state index in [-0.39, 0.29) is 0 Å². The van der Waals surface area contributed by atoms with Crippen LogP contribution in [0.1, 0.15) is 19.3 Å². The molecule has 0 amide bonds. The van der Waals surface area contributed by atoms with E-state index in [1.165, 1.54) is 0 Å². The number of methoxy groups -OCH3 is 4. The van der Waals surface area contributed by atoms with Gasteiger partial charge in [-0.3, -0.25) is 0 Å². The highest BCUT2D eigenvalue weighted by Gasteiger charge is 2.12. The van der Waals surface area contributed by atoms with Crippen LogP contribution in [0.4, 0.5) is 0 Å². The van der Waals surface area contributed by atoms with Crippen molar-refractivity contribution in [3.05, 3.63) is 36.4 Å². The summed E-state index contributed by atoms with van der Waals surface area (Å²) in [6, 6.07) is 11.2. The van der Waals surface area contributed by atoms with Gasteiger partial charge in [-0.15, -0.1) is 0 Å². The molecule has 0 spiro atoms. The van der Waals surface area contributed by atoms with Crippen LogP contribution in [0.25, 0.3) is 0 Å². The quantitative estimate of drug-likeness (QED) is 0.514. The average Bonchev–Trinajstić information content (AvgIpc) is 2.72. The maximum absolute atomic E-state index is 5.86. The van der Waals surface area contributed by atoms with Gasteiger partial charge in [0.2, 0.25) is 11.5 Å². The van der Waals surface area contributed by atoms with Gasteiger partial charge in [-0.05, 0) is 43.5 Å². The molecule has 0 saturated heterocycles. The van der Waals surface area contributed by atoms with Gasteiger partial charge in [-0.2, -0.15) is 0 Å². The molecule has 0 aliphatic carbocycles. The van der Waals surface area contributed by atoms with Crippen LogP contribution in [0.2, 0.25) is 0 Å². The van der Waals surface area contributed by atoms with E-state index in [0.29, 0.717) is 47.7 Å². The smallest absolute Gasteiger partial charge is 0.203 e. The summed E-state index contributed by atoms with van der Waals surface area (Å²) in [5.74, 6) is 3.94. The molecule has 0 aromatic heterocycles. The minimum absolute atomic E-state index is 0.578.